The maximum absolute atomic E-state index is 11.3. The van der Waals surface area contributed by atoms with Crippen LogP contribution < -0.4 is 5.32 Å². The number of carbonyl (C=O) groups is 1. The van der Waals surface area contributed by atoms with Gasteiger partial charge in [0.05, 0.1) is 11.7 Å². The molecule has 5 nitrogen and oxygen atoms in total. The second kappa shape index (κ2) is 6.83. The first-order chi connectivity index (χ1) is 7.23. The van der Waals surface area contributed by atoms with Crippen molar-refractivity contribution in [1.29, 1.82) is 0 Å². The van der Waals surface area contributed by atoms with E-state index in [0.717, 1.165) is 0 Å². The number of rotatable bonds is 7. The lowest BCUT2D eigenvalue weighted by atomic mass is 10.1. The molecule has 5 heteroatoms. The molecule has 0 radical (unpaired) electrons. The van der Waals surface area contributed by atoms with Crippen molar-refractivity contribution in [3.05, 3.63) is 0 Å². The fourth-order valence-electron chi connectivity index (χ4n) is 1.32. The molecule has 0 spiro atoms. The van der Waals surface area contributed by atoms with E-state index in [4.69, 9.17) is 4.74 Å². The van der Waals surface area contributed by atoms with Crippen LogP contribution in [0.5, 0.6) is 0 Å². The van der Waals surface area contributed by atoms with Crippen LogP contribution in [0.15, 0.2) is 0 Å². The average molecular weight is 232 g/mol. The zero-order valence-corrected chi connectivity index (χ0v) is 10.9. The van der Waals surface area contributed by atoms with Crippen LogP contribution in [0.3, 0.4) is 0 Å². The van der Waals surface area contributed by atoms with Crippen LogP contribution in [0.4, 0.5) is 0 Å². The number of nitrogens with one attached hydrogen (secondary N) is 1. The molecule has 0 saturated carbocycles. The van der Waals surface area contributed by atoms with E-state index in [-0.39, 0.29) is 25.2 Å². The molecular formula is C11H24N2O3. The van der Waals surface area contributed by atoms with Gasteiger partial charge in [0.15, 0.2) is 0 Å². The normalized spacial score (nSPS) is 15.2. The minimum atomic E-state index is -0.920. The Hall–Kier alpha value is -0.650. The molecule has 1 amide bonds. The zero-order chi connectivity index (χ0) is 12.8. The summed E-state index contributed by atoms with van der Waals surface area (Å²) in [5.41, 5.74) is -0.920. The van der Waals surface area contributed by atoms with Crippen molar-refractivity contribution in [3.8, 4) is 0 Å². The van der Waals surface area contributed by atoms with Crippen LogP contribution in [0.2, 0.25) is 0 Å². The van der Waals surface area contributed by atoms with Gasteiger partial charge in [0.2, 0.25) is 5.91 Å². The summed E-state index contributed by atoms with van der Waals surface area (Å²) >= 11 is 0. The lowest BCUT2D eigenvalue weighted by Gasteiger charge is -2.27. The Bertz CT molecular complexity index is 215. The SMILES string of the molecule is CC(C)OCC(=O)NCC(C)(O)CN(C)C. The van der Waals surface area contributed by atoms with E-state index >= 15 is 0 Å². The average Bonchev–Trinajstić information content (AvgIpc) is 2.09. The molecule has 0 saturated heterocycles. The van der Waals surface area contributed by atoms with Gasteiger partial charge in [0, 0.05) is 13.1 Å². The van der Waals surface area contributed by atoms with Crippen molar-refractivity contribution >= 4 is 5.91 Å². The van der Waals surface area contributed by atoms with Crippen molar-refractivity contribution in [1.82, 2.24) is 10.2 Å². The summed E-state index contributed by atoms with van der Waals surface area (Å²) in [5, 5.41) is 12.6. The molecule has 0 heterocycles. The molecule has 0 aromatic carbocycles. The first kappa shape index (κ1) is 15.3. The van der Waals surface area contributed by atoms with Gasteiger partial charge in [-0.05, 0) is 34.9 Å². The van der Waals surface area contributed by atoms with Crippen LogP contribution in [0.25, 0.3) is 0 Å². The highest BCUT2D eigenvalue weighted by molar-refractivity contribution is 5.77. The highest BCUT2D eigenvalue weighted by Crippen LogP contribution is 2.02. The number of amides is 1. The van der Waals surface area contributed by atoms with E-state index in [1.165, 1.54) is 0 Å². The largest absolute Gasteiger partial charge is 0.387 e. The monoisotopic (exact) mass is 232 g/mol. The number of hydrogen-bond donors (Lipinski definition) is 2. The van der Waals surface area contributed by atoms with E-state index in [1.807, 2.05) is 32.8 Å². The molecule has 0 bridgehead atoms. The van der Waals surface area contributed by atoms with Crippen LogP contribution >= 0.6 is 0 Å². The number of hydrogen-bond acceptors (Lipinski definition) is 4. The molecule has 1 unspecified atom stereocenters. The molecule has 0 aromatic heterocycles. The third-order valence-electron chi connectivity index (χ3n) is 1.87. The minimum Gasteiger partial charge on any atom is -0.387 e. The van der Waals surface area contributed by atoms with Crippen LogP contribution in [-0.2, 0) is 9.53 Å². The Morgan fingerprint density at radius 1 is 1.50 bits per heavy atom. The van der Waals surface area contributed by atoms with E-state index < -0.39 is 5.60 Å². The summed E-state index contributed by atoms with van der Waals surface area (Å²) in [6.07, 6.45) is 0.0352. The number of nitrogens with zero attached hydrogens (tertiary/aromatic N) is 1. The van der Waals surface area contributed by atoms with E-state index in [9.17, 15) is 9.90 Å². The summed E-state index contributed by atoms with van der Waals surface area (Å²) in [5.74, 6) is -0.201. The first-order valence-corrected chi connectivity index (χ1v) is 5.48. The van der Waals surface area contributed by atoms with Crippen molar-refractivity contribution in [2.24, 2.45) is 0 Å². The van der Waals surface area contributed by atoms with Gasteiger partial charge >= 0.3 is 0 Å². The van der Waals surface area contributed by atoms with Crippen molar-refractivity contribution in [2.75, 3.05) is 33.8 Å². The van der Waals surface area contributed by atoms with Crippen molar-refractivity contribution in [2.45, 2.75) is 32.5 Å². The van der Waals surface area contributed by atoms with Gasteiger partial charge in [-0.15, -0.1) is 0 Å². The molecule has 0 aromatic rings. The molecule has 2 N–H and O–H groups in total. The highest BCUT2D eigenvalue weighted by Gasteiger charge is 2.21. The summed E-state index contributed by atoms with van der Waals surface area (Å²) < 4.78 is 5.15. The number of carbonyl (C=O) groups excluding carboxylic acids is 1. The standard InChI is InChI=1S/C11H24N2O3/c1-9(2)16-6-10(14)12-7-11(3,15)8-13(4)5/h9,15H,6-8H2,1-5H3,(H,12,14). The number of likely N-dealkylation sites (N-methyl/N-ethyl adjacent to an activating group) is 1. The molecule has 16 heavy (non-hydrogen) atoms. The van der Waals surface area contributed by atoms with Gasteiger partial charge in [-0.2, -0.15) is 0 Å². The Balaban J connectivity index is 3.81. The predicted octanol–water partition coefficient (Wildman–Crippen LogP) is -0.160. The molecule has 0 aliphatic heterocycles. The van der Waals surface area contributed by atoms with Gasteiger partial charge in [-0.25, -0.2) is 0 Å². The molecule has 0 aliphatic carbocycles. The Morgan fingerprint density at radius 3 is 2.50 bits per heavy atom. The van der Waals surface area contributed by atoms with Gasteiger partial charge in [-0.1, -0.05) is 0 Å². The fraction of sp³-hybridized carbons (Fsp3) is 0.909. The maximum atomic E-state index is 11.3. The summed E-state index contributed by atoms with van der Waals surface area (Å²) in [4.78, 5) is 13.2. The first-order valence-electron chi connectivity index (χ1n) is 5.48. The maximum Gasteiger partial charge on any atom is 0.246 e. The Labute approximate surface area is 97.8 Å². The summed E-state index contributed by atoms with van der Waals surface area (Å²) in [6, 6.07) is 0. The molecule has 1 atom stereocenters. The van der Waals surface area contributed by atoms with Crippen molar-refractivity contribution in [3.63, 3.8) is 0 Å². The second-order valence-corrected chi connectivity index (χ2v) is 4.87. The zero-order valence-electron chi connectivity index (χ0n) is 10.9. The highest BCUT2D eigenvalue weighted by atomic mass is 16.5. The summed E-state index contributed by atoms with van der Waals surface area (Å²) in [6.45, 7) is 6.20. The van der Waals surface area contributed by atoms with Crippen LogP contribution in [0, 0.1) is 0 Å². The third-order valence-corrected chi connectivity index (χ3v) is 1.87. The van der Waals surface area contributed by atoms with Crippen LogP contribution in [0.1, 0.15) is 20.8 Å². The Kier molecular flexibility index (Phi) is 6.55. The topological polar surface area (TPSA) is 61.8 Å². The molecule has 0 rings (SSSR count). The molecular weight excluding hydrogens is 208 g/mol. The lowest BCUT2D eigenvalue weighted by molar-refractivity contribution is -0.128. The van der Waals surface area contributed by atoms with Gasteiger partial charge < -0.3 is 20.1 Å². The quantitative estimate of drug-likeness (QED) is 0.640. The lowest BCUT2D eigenvalue weighted by Crippen LogP contribution is -2.47. The van der Waals surface area contributed by atoms with Crippen LogP contribution in [-0.4, -0.2) is 61.4 Å². The van der Waals surface area contributed by atoms with Gasteiger partial charge in [0.25, 0.3) is 0 Å². The van der Waals surface area contributed by atoms with Gasteiger partial charge in [0.1, 0.15) is 6.61 Å². The van der Waals surface area contributed by atoms with E-state index in [2.05, 4.69) is 5.32 Å². The molecule has 0 fully saturated rings. The number of aliphatic hydroxyl groups is 1. The summed E-state index contributed by atoms with van der Waals surface area (Å²) in [7, 11) is 3.75. The number of ether oxygens (including phenoxy) is 1. The fourth-order valence-corrected chi connectivity index (χ4v) is 1.32. The second-order valence-electron chi connectivity index (χ2n) is 4.87. The predicted molar refractivity (Wildman–Crippen MR) is 63.3 cm³/mol. The molecule has 0 aliphatic rings. The third kappa shape index (κ3) is 8.64. The van der Waals surface area contributed by atoms with E-state index in [1.54, 1.807) is 6.92 Å². The Morgan fingerprint density at radius 2 is 2.06 bits per heavy atom. The van der Waals surface area contributed by atoms with E-state index in [0.29, 0.717) is 6.54 Å². The minimum absolute atomic E-state index is 0.0352. The van der Waals surface area contributed by atoms with Gasteiger partial charge in [-0.3, -0.25) is 4.79 Å². The smallest absolute Gasteiger partial charge is 0.246 e. The molecule has 96 valence electrons. The van der Waals surface area contributed by atoms with Crippen molar-refractivity contribution < 1.29 is 14.6 Å².